The number of nitrogens with zero attached hydrogens (tertiary/aromatic N) is 2. The van der Waals surface area contributed by atoms with Crippen molar-refractivity contribution in [3.63, 3.8) is 0 Å². The molecule has 0 heterocycles. The van der Waals surface area contributed by atoms with E-state index >= 15 is 0 Å². The van der Waals surface area contributed by atoms with Crippen molar-refractivity contribution in [2.75, 3.05) is 7.11 Å². The fourth-order valence-corrected chi connectivity index (χ4v) is 1.69. The second kappa shape index (κ2) is 5.05. The summed E-state index contributed by atoms with van der Waals surface area (Å²) >= 11 is 0. The molecule has 0 radical (unpaired) electrons. The third-order valence-corrected chi connectivity index (χ3v) is 2.68. The van der Waals surface area contributed by atoms with E-state index in [9.17, 15) is 10.1 Å². The van der Waals surface area contributed by atoms with Crippen LogP contribution in [0.2, 0.25) is 0 Å². The number of nitro benzene ring substituents is 1. The minimum atomic E-state index is -0.477. The number of ether oxygens (including phenoxy) is 1. The van der Waals surface area contributed by atoms with Crippen LogP contribution in [-0.4, -0.2) is 12.0 Å². The molecule has 1 rings (SSSR count). The Kier molecular flexibility index (Phi) is 3.92. The Morgan fingerprint density at radius 2 is 2.06 bits per heavy atom. The quantitative estimate of drug-likeness (QED) is 0.608. The Labute approximate surface area is 106 Å². The van der Waals surface area contributed by atoms with E-state index in [-0.39, 0.29) is 23.3 Å². The van der Waals surface area contributed by atoms with Gasteiger partial charge in [-0.05, 0) is 11.0 Å². The predicted octanol–water partition coefficient (Wildman–Crippen LogP) is 2.97. The number of nitro groups is 1. The van der Waals surface area contributed by atoms with Crippen LogP contribution in [0, 0.1) is 21.4 Å². The van der Waals surface area contributed by atoms with Crippen LogP contribution in [0.15, 0.2) is 12.1 Å². The molecule has 96 valence electrons. The van der Waals surface area contributed by atoms with Gasteiger partial charge in [0.15, 0.2) is 0 Å². The molecule has 5 nitrogen and oxygen atoms in total. The molecule has 0 aliphatic carbocycles. The highest BCUT2D eigenvalue weighted by Gasteiger charge is 2.24. The Morgan fingerprint density at radius 3 is 2.44 bits per heavy atom. The third-order valence-electron chi connectivity index (χ3n) is 2.68. The number of methoxy groups -OCH3 is 1. The van der Waals surface area contributed by atoms with Crippen molar-refractivity contribution in [3.8, 4) is 11.8 Å². The second-order valence-corrected chi connectivity index (χ2v) is 5.03. The smallest absolute Gasteiger partial charge is 0.311 e. The number of rotatable bonds is 3. The average molecular weight is 248 g/mol. The summed E-state index contributed by atoms with van der Waals surface area (Å²) in [7, 11) is 1.37. The zero-order chi connectivity index (χ0) is 13.9. The molecule has 0 fully saturated rings. The summed E-state index contributed by atoms with van der Waals surface area (Å²) in [5.41, 5.74) is 1.07. The fourth-order valence-electron chi connectivity index (χ4n) is 1.69. The van der Waals surface area contributed by atoms with Gasteiger partial charge >= 0.3 is 5.69 Å². The minimum Gasteiger partial charge on any atom is -0.490 e. The zero-order valence-electron chi connectivity index (χ0n) is 11.0. The maximum absolute atomic E-state index is 11.1. The van der Waals surface area contributed by atoms with E-state index in [1.807, 2.05) is 26.8 Å². The number of benzene rings is 1. The van der Waals surface area contributed by atoms with Crippen molar-refractivity contribution in [2.24, 2.45) is 0 Å². The third kappa shape index (κ3) is 2.77. The Balaban J connectivity index is 3.55. The molecule has 1 aromatic carbocycles. The standard InChI is InChI=1S/C13H16N2O3/c1-13(2,3)10-7-9(5-6-14)12(18-4)11(8-10)15(16)17/h7-8H,5H2,1-4H3. The first-order valence-corrected chi connectivity index (χ1v) is 5.54. The fraction of sp³-hybridized carbons (Fsp3) is 0.462. The lowest BCUT2D eigenvalue weighted by atomic mass is 9.85. The van der Waals surface area contributed by atoms with Crippen molar-refractivity contribution in [1.29, 1.82) is 5.26 Å². The molecule has 0 saturated heterocycles. The topological polar surface area (TPSA) is 76.2 Å². The molecule has 0 aliphatic rings. The minimum absolute atomic E-state index is 0.0878. The number of hydrogen-bond acceptors (Lipinski definition) is 4. The van der Waals surface area contributed by atoms with Crippen LogP contribution in [0.1, 0.15) is 31.9 Å². The number of nitriles is 1. The highest BCUT2D eigenvalue weighted by Crippen LogP contribution is 2.36. The molecule has 1 aromatic rings. The van der Waals surface area contributed by atoms with Gasteiger partial charge in [-0.1, -0.05) is 26.8 Å². The Bertz CT molecular complexity index is 510. The van der Waals surface area contributed by atoms with Crippen LogP contribution in [-0.2, 0) is 11.8 Å². The van der Waals surface area contributed by atoms with Crippen molar-refractivity contribution in [1.82, 2.24) is 0 Å². The van der Waals surface area contributed by atoms with Crippen LogP contribution >= 0.6 is 0 Å². The summed E-state index contributed by atoms with van der Waals surface area (Å²) in [5, 5.41) is 19.8. The van der Waals surface area contributed by atoms with E-state index in [2.05, 4.69) is 0 Å². The van der Waals surface area contributed by atoms with E-state index in [0.717, 1.165) is 5.56 Å². The molecule has 5 heteroatoms. The van der Waals surface area contributed by atoms with E-state index in [0.29, 0.717) is 5.56 Å². The van der Waals surface area contributed by atoms with Gasteiger partial charge in [-0.25, -0.2) is 0 Å². The van der Waals surface area contributed by atoms with Gasteiger partial charge in [0.2, 0.25) is 5.75 Å². The molecule has 0 N–H and O–H groups in total. The largest absolute Gasteiger partial charge is 0.490 e. The number of hydrogen-bond donors (Lipinski definition) is 0. The van der Waals surface area contributed by atoms with Gasteiger partial charge < -0.3 is 4.74 Å². The van der Waals surface area contributed by atoms with E-state index in [1.54, 1.807) is 6.07 Å². The highest BCUT2D eigenvalue weighted by molar-refractivity contribution is 5.56. The van der Waals surface area contributed by atoms with E-state index in [1.165, 1.54) is 13.2 Å². The van der Waals surface area contributed by atoms with Crippen LogP contribution in [0.25, 0.3) is 0 Å². The van der Waals surface area contributed by atoms with Crippen LogP contribution in [0.3, 0.4) is 0 Å². The zero-order valence-corrected chi connectivity index (χ0v) is 11.0. The van der Waals surface area contributed by atoms with Gasteiger partial charge in [0.05, 0.1) is 24.5 Å². The SMILES string of the molecule is COc1c(CC#N)cc(C(C)(C)C)cc1[N+](=O)[O-]. The van der Waals surface area contributed by atoms with Crippen molar-refractivity contribution >= 4 is 5.69 Å². The lowest BCUT2D eigenvalue weighted by Crippen LogP contribution is -2.13. The molecule has 0 saturated carbocycles. The van der Waals surface area contributed by atoms with Crippen molar-refractivity contribution < 1.29 is 9.66 Å². The summed E-state index contributed by atoms with van der Waals surface area (Å²) in [6.45, 7) is 5.90. The summed E-state index contributed by atoms with van der Waals surface area (Å²) in [6.07, 6.45) is 0.0912. The monoisotopic (exact) mass is 248 g/mol. The molecule has 0 amide bonds. The van der Waals surface area contributed by atoms with Gasteiger partial charge in [0.1, 0.15) is 0 Å². The Hall–Kier alpha value is -2.09. The van der Waals surface area contributed by atoms with Crippen LogP contribution in [0.4, 0.5) is 5.69 Å². The lowest BCUT2D eigenvalue weighted by Gasteiger charge is -2.20. The maximum atomic E-state index is 11.1. The first-order valence-electron chi connectivity index (χ1n) is 5.54. The van der Waals surface area contributed by atoms with Gasteiger partial charge in [0.25, 0.3) is 0 Å². The van der Waals surface area contributed by atoms with Crippen LogP contribution in [0.5, 0.6) is 5.75 Å². The van der Waals surface area contributed by atoms with E-state index in [4.69, 9.17) is 10.00 Å². The van der Waals surface area contributed by atoms with Gasteiger partial charge in [0, 0.05) is 11.6 Å². The molecule has 18 heavy (non-hydrogen) atoms. The molecule has 0 unspecified atom stereocenters. The molecular formula is C13H16N2O3. The summed E-state index contributed by atoms with van der Waals surface area (Å²) in [5.74, 6) is 0.176. The second-order valence-electron chi connectivity index (χ2n) is 5.03. The first kappa shape index (κ1) is 14.0. The van der Waals surface area contributed by atoms with Gasteiger partial charge in [-0.15, -0.1) is 0 Å². The molecular weight excluding hydrogens is 232 g/mol. The van der Waals surface area contributed by atoms with Gasteiger partial charge in [-0.3, -0.25) is 10.1 Å². The van der Waals surface area contributed by atoms with Gasteiger partial charge in [-0.2, -0.15) is 5.26 Å². The first-order chi connectivity index (χ1) is 8.31. The maximum Gasteiger partial charge on any atom is 0.311 e. The average Bonchev–Trinajstić information content (AvgIpc) is 2.27. The van der Waals surface area contributed by atoms with E-state index < -0.39 is 4.92 Å². The molecule has 0 aliphatic heterocycles. The predicted molar refractivity (Wildman–Crippen MR) is 67.7 cm³/mol. The molecule has 0 atom stereocenters. The molecule has 0 aromatic heterocycles. The normalized spacial score (nSPS) is 10.8. The highest BCUT2D eigenvalue weighted by atomic mass is 16.6. The molecule has 0 bridgehead atoms. The van der Waals surface area contributed by atoms with Crippen LogP contribution < -0.4 is 4.74 Å². The molecule has 0 spiro atoms. The summed E-state index contributed by atoms with van der Waals surface area (Å²) in [6, 6.07) is 5.32. The summed E-state index contributed by atoms with van der Waals surface area (Å²) in [4.78, 5) is 10.6. The Morgan fingerprint density at radius 1 is 1.44 bits per heavy atom. The van der Waals surface area contributed by atoms with Crippen molar-refractivity contribution in [3.05, 3.63) is 33.4 Å². The summed E-state index contributed by atoms with van der Waals surface area (Å²) < 4.78 is 5.07. The lowest BCUT2D eigenvalue weighted by molar-refractivity contribution is -0.385. The van der Waals surface area contributed by atoms with Crippen molar-refractivity contribution in [2.45, 2.75) is 32.6 Å².